The molecule has 1 heteroatoms. The van der Waals surface area contributed by atoms with E-state index < -0.39 is 0 Å². The van der Waals surface area contributed by atoms with Gasteiger partial charge in [0.25, 0.3) is 0 Å². The number of rotatable bonds is 3. The number of benzene rings is 8. The lowest BCUT2D eigenvalue weighted by Crippen LogP contribution is -1.91. The van der Waals surface area contributed by atoms with Crippen LogP contribution in [0.2, 0.25) is 0 Å². The van der Waals surface area contributed by atoms with Crippen LogP contribution in [-0.4, -0.2) is 0 Å². The molecule has 0 unspecified atom stereocenters. The normalized spacial score (nSPS) is 12.4. The van der Waals surface area contributed by atoms with Crippen LogP contribution in [0.15, 0.2) is 158 Å². The van der Waals surface area contributed by atoms with Crippen molar-refractivity contribution in [2.45, 2.75) is 0 Å². The number of fused-ring (bicyclic) bond motifs is 6. The second kappa shape index (κ2) is 9.66. The van der Waals surface area contributed by atoms with Gasteiger partial charge in [-0.1, -0.05) is 133 Å². The van der Waals surface area contributed by atoms with Gasteiger partial charge in [-0.05, 0) is 90.0 Å². The van der Waals surface area contributed by atoms with Crippen molar-refractivity contribution in [3.8, 4) is 33.4 Å². The average molecular weight is 565 g/mol. The fraction of sp³-hybridized carbons (Fsp3) is 0. The van der Waals surface area contributed by atoms with E-state index in [1.165, 1.54) is 70.4 Å². The Bertz CT molecular complexity index is 2550. The van der Waals surface area contributed by atoms with Crippen molar-refractivity contribution in [1.82, 2.24) is 0 Å². The Balaban J connectivity index is 1.23. The van der Waals surface area contributed by atoms with Crippen LogP contribution in [0, 0.1) is 0 Å². The van der Waals surface area contributed by atoms with Gasteiger partial charge in [-0.15, -0.1) is 11.3 Å². The van der Waals surface area contributed by atoms with Crippen LogP contribution in [0.3, 0.4) is 0 Å². The van der Waals surface area contributed by atoms with E-state index in [4.69, 9.17) is 2.74 Å². The minimum atomic E-state index is 0.536. The minimum Gasteiger partial charge on any atom is -0.135 e. The molecule has 0 nitrogen and oxygen atoms in total. The van der Waals surface area contributed by atoms with Crippen LogP contribution in [-0.2, 0) is 0 Å². The van der Waals surface area contributed by atoms with Crippen LogP contribution < -0.4 is 0 Å². The Kier molecular flexibility index (Phi) is 5.03. The molecular weight excluding hydrogens is 537 g/mol. The lowest BCUT2D eigenvalue weighted by molar-refractivity contribution is 1.63. The quantitative estimate of drug-likeness (QED) is 0.187. The van der Waals surface area contributed by atoms with Gasteiger partial charge in [0.2, 0.25) is 0 Å². The molecule has 0 bridgehead atoms. The lowest BCUT2D eigenvalue weighted by Gasteiger charge is -2.18. The van der Waals surface area contributed by atoms with E-state index in [-0.39, 0.29) is 0 Å². The SMILES string of the molecule is [2H]c1ccc2cc(-c3ccc(-c4c5ccccc5c(-c5ccc6sc7cc([2H])ccc7c6c5)c5ccccc45)cc3)ccc2c1. The molecule has 0 radical (unpaired) electrons. The third kappa shape index (κ3) is 3.90. The zero-order valence-corrected chi connectivity index (χ0v) is 24.1. The van der Waals surface area contributed by atoms with E-state index >= 15 is 0 Å². The number of thiophene rings is 1. The summed E-state index contributed by atoms with van der Waals surface area (Å²) in [7, 11) is 0. The molecule has 200 valence electrons. The molecule has 43 heavy (non-hydrogen) atoms. The second-order valence-corrected chi connectivity index (χ2v) is 12.2. The summed E-state index contributed by atoms with van der Waals surface area (Å²) in [5, 5.41) is 9.66. The zero-order chi connectivity index (χ0) is 30.1. The number of hydrogen-bond acceptors (Lipinski definition) is 1. The Morgan fingerprint density at radius 1 is 0.349 bits per heavy atom. The zero-order valence-electron chi connectivity index (χ0n) is 25.3. The average Bonchev–Trinajstić information content (AvgIpc) is 3.43. The van der Waals surface area contributed by atoms with E-state index in [2.05, 4.69) is 115 Å². The van der Waals surface area contributed by atoms with E-state index in [0.29, 0.717) is 12.1 Å². The Hall–Kier alpha value is -5.24. The van der Waals surface area contributed by atoms with Gasteiger partial charge in [0.15, 0.2) is 0 Å². The van der Waals surface area contributed by atoms with Crippen molar-refractivity contribution in [2.24, 2.45) is 0 Å². The van der Waals surface area contributed by atoms with Crippen LogP contribution in [0.25, 0.3) is 85.9 Å². The highest BCUT2D eigenvalue weighted by molar-refractivity contribution is 7.25. The standard InChI is InChI=1S/C42H26S/c1-2-10-30-25-31(22-19-27(30)9-1)28-17-20-29(21-18-28)41-34-12-3-5-14-36(34)42(37-15-6-4-13-35(37)41)32-23-24-40-38(26-32)33-11-7-8-16-39(33)43-40/h1-26H/i1D,8D. The predicted octanol–water partition coefficient (Wildman–Crippen LogP) is 12.5. The van der Waals surface area contributed by atoms with E-state index in [1.54, 1.807) is 11.3 Å². The van der Waals surface area contributed by atoms with Crippen molar-refractivity contribution >= 4 is 63.8 Å². The molecule has 0 saturated carbocycles. The van der Waals surface area contributed by atoms with Gasteiger partial charge in [-0.2, -0.15) is 0 Å². The fourth-order valence-corrected chi connectivity index (χ4v) is 7.78. The molecule has 0 atom stereocenters. The van der Waals surface area contributed by atoms with Gasteiger partial charge < -0.3 is 0 Å². The third-order valence-electron chi connectivity index (χ3n) is 8.73. The molecule has 0 spiro atoms. The van der Waals surface area contributed by atoms with E-state index in [0.717, 1.165) is 15.5 Å². The largest absolute Gasteiger partial charge is 0.135 e. The predicted molar refractivity (Wildman–Crippen MR) is 188 cm³/mol. The number of hydrogen-bond donors (Lipinski definition) is 0. The van der Waals surface area contributed by atoms with Gasteiger partial charge >= 0.3 is 0 Å². The summed E-state index contributed by atoms with van der Waals surface area (Å²) >= 11 is 1.76. The smallest absolute Gasteiger partial charge is 0.0623 e. The minimum absolute atomic E-state index is 0.536. The van der Waals surface area contributed by atoms with E-state index in [9.17, 15) is 0 Å². The summed E-state index contributed by atoms with van der Waals surface area (Å²) in [5.41, 5.74) is 7.26. The molecule has 9 rings (SSSR count). The Morgan fingerprint density at radius 3 is 1.65 bits per heavy atom. The molecule has 0 N–H and O–H groups in total. The molecule has 0 aliphatic rings. The van der Waals surface area contributed by atoms with Gasteiger partial charge in [0, 0.05) is 20.2 Å². The van der Waals surface area contributed by atoms with Crippen molar-refractivity contribution in [2.75, 3.05) is 0 Å². The van der Waals surface area contributed by atoms with Crippen LogP contribution >= 0.6 is 11.3 Å². The van der Waals surface area contributed by atoms with Crippen LogP contribution in [0.4, 0.5) is 0 Å². The summed E-state index contributed by atoms with van der Waals surface area (Å²) in [5.74, 6) is 0. The first kappa shape index (κ1) is 22.4. The maximum Gasteiger partial charge on any atom is 0.0623 e. The molecular formula is C42H26S. The molecule has 0 amide bonds. The molecule has 0 saturated heterocycles. The first-order valence-electron chi connectivity index (χ1n) is 15.6. The summed E-state index contributed by atoms with van der Waals surface area (Å²) in [4.78, 5) is 0. The van der Waals surface area contributed by atoms with Crippen molar-refractivity contribution in [1.29, 1.82) is 0 Å². The molecule has 9 aromatic rings. The highest BCUT2D eigenvalue weighted by atomic mass is 32.1. The third-order valence-corrected chi connectivity index (χ3v) is 9.86. The molecule has 0 aliphatic carbocycles. The summed E-state index contributed by atoms with van der Waals surface area (Å²) in [6.07, 6.45) is 0. The first-order chi connectivity index (χ1) is 22.1. The summed E-state index contributed by atoms with van der Waals surface area (Å²) in [6, 6.07) is 52.7. The highest BCUT2D eigenvalue weighted by Gasteiger charge is 2.17. The van der Waals surface area contributed by atoms with Crippen molar-refractivity contribution in [3.05, 3.63) is 158 Å². The monoisotopic (exact) mass is 564 g/mol. The second-order valence-electron chi connectivity index (χ2n) is 11.1. The summed E-state index contributed by atoms with van der Waals surface area (Å²) in [6.45, 7) is 0. The maximum atomic E-state index is 8.09. The molecule has 0 fully saturated rings. The van der Waals surface area contributed by atoms with Gasteiger partial charge in [0.05, 0.1) is 2.74 Å². The topological polar surface area (TPSA) is 0 Å². The van der Waals surface area contributed by atoms with Crippen molar-refractivity contribution in [3.63, 3.8) is 0 Å². The Labute approximate surface area is 256 Å². The molecule has 1 aromatic heterocycles. The van der Waals surface area contributed by atoms with Crippen molar-refractivity contribution < 1.29 is 2.74 Å². The van der Waals surface area contributed by atoms with Gasteiger partial charge in [0.1, 0.15) is 0 Å². The van der Waals surface area contributed by atoms with E-state index in [1.807, 2.05) is 30.3 Å². The van der Waals surface area contributed by atoms with Gasteiger partial charge in [-0.3, -0.25) is 0 Å². The van der Waals surface area contributed by atoms with Gasteiger partial charge in [-0.25, -0.2) is 0 Å². The lowest BCUT2D eigenvalue weighted by atomic mass is 9.85. The maximum absolute atomic E-state index is 8.09. The van der Waals surface area contributed by atoms with Crippen LogP contribution in [0.5, 0.6) is 0 Å². The van der Waals surface area contributed by atoms with Crippen LogP contribution in [0.1, 0.15) is 2.74 Å². The molecule has 0 aliphatic heterocycles. The first-order valence-corrected chi connectivity index (χ1v) is 15.4. The molecule has 1 heterocycles. The summed E-state index contributed by atoms with van der Waals surface area (Å²) < 4.78 is 18.4. The Morgan fingerprint density at radius 2 is 0.907 bits per heavy atom. The fourth-order valence-electron chi connectivity index (χ4n) is 6.71. The molecule has 8 aromatic carbocycles. The highest BCUT2D eigenvalue weighted by Crippen LogP contribution is 2.45.